The summed E-state index contributed by atoms with van der Waals surface area (Å²) in [7, 11) is 3.49. The summed E-state index contributed by atoms with van der Waals surface area (Å²) in [6.45, 7) is 2.23. The van der Waals surface area contributed by atoms with Gasteiger partial charge >= 0.3 is 0 Å². The van der Waals surface area contributed by atoms with E-state index in [1.165, 1.54) is 0 Å². The Morgan fingerprint density at radius 1 is 1.00 bits per heavy atom. The third-order valence-corrected chi connectivity index (χ3v) is 7.74. The van der Waals surface area contributed by atoms with E-state index >= 15 is 0 Å². The lowest BCUT2D eigenvalue weighted by atomic mass is 9.74. The molecule has 5 nitrogen and oxygen atoms in total. The van der Waals surface area contributed by atoms with Crippen molar-refractivity contribution < 1.29 is 24.8 Å². The van der Waals surface area contributed by atoms with E-state index in [4.69, 9.17) is 9.47 Å². The Labute approximate surface area is 136 Å². The predicted octanol–water partition coefficient (Wildman–Crippen LogP) is 0.854. The lowest BCUT2D eigenvalue weighted by Crippen LogP contribution is -2.47. The van der Waals surface area contributed by atoms with Gasteiger partial charge in [0.1, 0.15) is 0 Å². The molecule has 3 rings (SSSR count). The van der Waals surface area contributed by atoms with Crippen LogP contribution in [0, 0.1) is 23.7 Å². The van der Waals surface area contributed by atoms with Gasteiger partial charge in [-0.15, -0.1) is 0 Å². The van der Waals surface area contributed by atoms with Crippen LogP contribution in [-0.4, -0.2) is 64.6 Å². The van der Waals surface area contributed by atoms with Gasteiger partial charge in [-0.25, -0.2) is 0 Å². The second-order valence-electron chi connectivity index (χ2n) is 7.15. The average Bonchev–Trinajstić information content (AvgIpc) is 3.19. The molecular formula is C16H28O5S. The molecule has 3 aliphatic rings. The first-order valence-corrected chi connectivity index (χ1v) is 9.17. The SMILES string of the molecule is COC1CC2SC(C(O)C3CC3C(O)O)CC2C(C)C1OC. The highest BCUT2D eigenvalue weighted by Crippen LogP contribution is 2.54. The molecule has 3 N–H and O–H groups in total. The largest absolute Gasteiger partial charge is 0.392 e. The van der Waals surface area contributed by atoms with Crippen LogP contribution in [0.3, 0.4) is 0 Å². The van der Waals surface area contributed by atoms with Gasteiger partial charge in [0, 0.05) is 30.6 Å². The maximum Gasteiger partial charge on any atom is 0.154 e. The zero-order valence-electron chi connectivity index (χ0n) is 13.5. The molecule has 9 unspecified atom stereocenters. The Morgan fingerprint density at radius 3 is 2.27 bits per heavy atom. The molecule has 0 amide bonds. The zero-order chi connectivity index (χ0) is 16.0. The topological polar surface area (TPSA) is 79.2 Å². The number of rotatable bonds is 5. The van der Waals surface area contributed by atoms with Crippen LogP contribution >= 0.6 is 11.8 Å². The Kier molecular flexibility index (Phi) is 5.07. The van der Waals surface area contributed by atoms with Gasteiger partial charge in [-0.1, -0.05) is 6.92 Å². The highest BCUT2D eigenvalue weighted by Gasteiger charge is 2.54. The van der Waals surface area contributed by atoms with Crippen LogP contribution in [0.4, 0.5) is 0 Å². The molecule has 22 heavy (non-hydrogen) atoms. The molecule has 0 aromatic heterocycles. The molecule has 128 valence electrons. The Hall–Kier alpha value is 0.150. The maximum atomic E-state index is 10.6. The fourth-order valence-corrected chi connectivity index (χ4v) is 6.60. The van der Waals surface area contributed by atoms with Crippen LogP contribution in [0.25, 0.3) is 0 Å². The number of ether oxygens (including phenoxy) is 2. The van der Waals surface area contributed by atoms with Gasteiger partial charge < -0.3 is 24.8 Å². The lowest BCUT2D eigenvalue weighted by Gasteiger charge is -2.41. The Bertz CT molecular complexity index is 393. The monoisotopic (exact) mass is 332 g/mol. The van der Waals surface area contributed by atoms with E-state index in [-0.39, 0.29) is 29.3 Å². The molecule has 1 aliphatic heterocycles. The van der Waals surface area contributed by atoms with Crippen molar-refractivity contribution in [3.8, 4) is 0 Å². The predicted molar refractivity (Wildman–Crippen MR) is 84.5 cm³/mol. The number of hydrogen-bond acceptors (Lipinski definition) is 6. The summed E-state index contributed by atoms with van der Waals surface area (Å²) in [4.78, 5) is 0. The lowest BCUT2D eigenvalue weighted by molar-refractivity contribution is -0.0974. The van der Waals surface area contributed by atoms with Gasteiger partial charge in [-0.2, -0.15) is 11.8 Å². The molecule has 0 spiro atoms. The third kappa shape index (κ3) is 2.94. The fraction of sp³-hybridized carbons (Fsp3) is 1.00. The van der Waals surface area contributed by atoms with Crippen LogP contribution in [0.15, 0.2) is 0 Å². The first kappa shape index (κ1) is 17.0. The minimum atomic E-state index is -1.29. The molecule has 2 aliphatic carbocycles. The van der Waals surface area contributed by atoms with Crippen molar-refractivity contribution in [1.29, 1.82) is 0 Å². The van der Waals surface area contributed by atoms with Crippen molar-refractivity contribution in [2.75, 3.05) is 14.2 Å². The molecule has 0 aromatic rings. The van der Waals surface area contributed by atoms with Gasteiger partial charge in [0.05, 0.1) is 18.3 Å². The molecular weight excluding hydrogens is 304 g/mol. The molecule has 0 bridgehead atoms. The normalized spacial score (nSPS) is 49.2. The van der Waals surface area contributed by atoms with Gasteiger partial charge in [0.2, 0.25) is 0 Å². The van der Waals surface area contributed by atoms with Crippen molar-refractivity contribution in [2.45, 2.75) is 61.3 Å². The quantitative estimate of drug-likeness (QED) is 0.648. The Balaban J connectivity index is 1.64. The maximum absolute atomic E-state index is 10.6. The average molecular weight is 332 g/mol. The summed E-state index contributed by atoms with van der Waals surface area (Å²) in [5.41, 5.74) is 0. The van der Waals surface area contributed by atoms with Crippen molar-refractivity contribution >= 4 is 11.8 Å². The summed E-state index contributed by atoms with van der Waals surface area (Å²) < 4.78 is 11.3. The first-order chi connectivity index (χ1) is 10.5. The molecule has 1 saturated heterocycles. The summed E-state index contributed by atoms with van der Waals surface area (Å²) in [5, 5.41) is 29.8. The number of fused-ring (bicyclic) bond motifs is 1. The van der Waals surface area contributed by atoms with E-state index in [9.17, 15) is 15.3 Å². The van der Waals surface area contributed by atoms with Crippen LogP contribution in [0.5, 0.6) is 0 Å². The highest BCUT2D eigenvalue weighted by atomic mass is 32.2. The van der Waals surface area contributed by atoms with Crippen LogP contribution in [0.2, 0.25) is 0 Å². The van der Waals surface area contributed by atoms with Gasteiger partial charge in [-0.05, 0) is 37.0 Å². The molecule has 3 fully saturated rings. The van der Waals surface area contributed by atoms with Crippen molar-refractivity contribution in [1.82, 2.24) is 0 Å². The van der Waals surface area contributed by atoms with E-state index in [2.05, 4.69) is 6.92 Å². The molecule has 1 heterocycles. The van der Waals surface area contributed by atoms with E-state index in [1.807, 2.05) is 11.8 Å². The zero-order valence-corrected chi connectivity index (χ0v) is 14.3. The number of thioether (sulfide) groups is 1. The van der Waals surface area contributed by atoms with Crippen molar-refractivity contribution in [3.05, 3.63) is 0 Å². The second kappa shape index (κ2) is 6.57. The molecule has 0 radical (unpaired) electrons. The van der Waals surface area contributed by atoms with E-state index < -0.39 is 12.4 Å². The fourth-order valence-electron chi connectivity index (χ4n) is 4.59. The van der Waals surface area contributed by atoms with E-state index in [0.717, 1.165) is 19.3 Å². The van der Waals surface area contributed by atoms with E-state index in [0.29, 0.717) is 17.1 Å². The summed E-state index contributed by atoms with van der Waals surface area (Å²) >= 11 is 1.87. The molecule has 0 aromatic carbocycles. The smallest absolute Gasteiger partial charge is 0.154 e. The first-order valence-electron chi connectivity index (χ1n) is 8.23. The van der Waals surface area contributed by atoms with Crippen LogP contribution in [0.1, 0.15) is 26.2 Å². The summed E-state index contributed by atoms with van der Waals surface area (Å²) in [6, 6.07) is 0. The van der Waals surface area contributed by atoms with E-state index in [1.54, 1.807) is 14.2 Å². The highest BCUT2D eigenvalue weighted by molar-refractivity contribution is 8.00. The molecule has 6 heteroatoms. The summed E-state index contributed by atoms with van der Waals surface area (Å²) in [5.74, 6) is 0.854. The number of methoxy groups -OCH3 is 2. The minimum absolute atomic E-state index is 0.0457. The number of aliphatic hydroxyl groups excluding tert-OH is 2. The standard InChI is InChI=1S/C16H28O5S/c1-7-8-5-13(14(17)9-4-10(9)16(18)19)22-12(8)6-11(20-2)15(7)21-3/h7-19H,4-6H2,1-3H3. The number of aliphatic hydroxyl groups is 3. The molecule has 2 saturated carbocycles. The number of hydrogen-bond donors (Lipinski definition) is 3. The third-order valence-electron chi connectivity index (χ3n) is 6.02. The van der Waals surface area contributed by atoms with Crippen molar-refractivity contribution in [2.24, 2.45) is 23.7 Å². The van der Waals surface area contributed by atoms with Crippen LogP contribution < -0.4 is 0 Å². The summed E-state index contributed by atoms with van der Waals surface area (Å²) in [6.07, 6.45) is 1.20. The minimum Gasteiger partial charge on any atom is -0.392 e. The van der Waals surface area contributed by atoms with Crippen molar-refractivity contribution in [3.63, 3.8) is 0 Å². The second-order valence-corrected chi connectivity index (χ2v) is 8.63. The van der Waals surface area contributed by atoms with Crippen LogP contribution in [-0.2, 0) is 9.47 Å². The van der Waals surface area contributed by atoms with Gasteiger partial charge in [0.25, 0.3) is 0 Å². The Morgan fingerprint density at radius 2 is 1.73 bits per heavy atom. The van der Waals surface area contributed by atoms with Gasteiger partial charge in [0.15, 0.2) is 6.29 Å². The van der Waals surface area contributed by atoms with Gasteiger partial charge in [-0.3, -0.25) is 0 Å². The molecule has 9 atom stereocenters.